The Hall–Kier alpha value is -1.31. The van der Waals surface area contributed by atoms with Gasteiger partial charge in [-0.2, -0.15) is 0 Å². The van der Waals surface area contributed by atoms with E-state index in [1.54, 1.807) is 6.92 Å². The molecule has 0 aromatic heterocycles. The normalized spacial score (nSPS) is 15.5. The van der Waals surface area contributed by atoms with E-state index in [0.29, 0.717) is 0 Å². The first-order valence-corrected chi connectivity index (χ1v) is 9.19. The lowest BCUT2D eigenvalue weighted by molar-refractivity contribution is -0.130. The standard InChI is InChI=1S/C20H32N4O.HI/c1-6-21-19(24-13-11-23(12-14-24)17(3)25)22-15-20(4,5)18-9-7-16(2)8-10-18;/h7-10H,6,11-15H2,1-5H3,(H,21,22);1H. The third kappa shape index (κ3) is 6.14. The molecule has 0 saturated carbocycles. The number of carbonyl (C=O) groups is 1. The summed E-state index contributed by atoms with van der Waals surface area (Å²) < 4.78 is 0. The molecule has 2 rings (SSSR count). The minimum atomic E-state index is -0.0183. The zero-order chi connectivity index (χ0) is 18.4. The molecule has 1 aromatic rings. The number of hydrogen-bond donors (Lipinski definition) is 1. The molecular weight excluding hydrogens is 439 g/mol. The molecular formula is C20H33IN4O. The summed E-state index contributed by atoms with van der Waals surface area (Å²) in [6, 6.07) is 8.72. The smallest absolute Gasteiger partial charge is 0.219 e. The lowest BCUT2D eigenvalue weighted by Crippen LogP contribution is -2.53. The van der Waals surface area contributed by atoms with Crippen LogP contribution >= 0.6 is 24.0 Å². The molecule has 1 aliphatic heterocycles. The second kappa shape index (κ2) is 10.1. The summed E-state index contributed by atoms with van der Waals surface area (Å²) in [7, 11) is 0. The summed E-state index contributed by atoms with van der Waals surface area (Å²) in [5.74, 6) is 1.10. The molecule has 1 N–H and O–H groups in total. The molecule has 26 heavy (non-hydrogen) atoms. The number of hydrogen-bond acceptors (Lipinski definition) is 2. The third-order valence-electron chi connectivity index (χ3n) is 4.82. The lowest BCUT2D eigenvalue weighted by atomic mass is 9.84. The largest absolute Gasteiger partial charge is 0.357 e. The molecule has 1 fully saturated rings. The maximum absolute atomic E-state index is 11.5. The van der Waals surface area contributed by atoms with Gasteiger partial charge in [-0.25, -0.2) is 0 Å². The predicted molar refractivity (Wildman–Crippen MR) is 119 cm³/mol. The molecule has 1 aromatic carbocycles. The fourth-order valence-electron chi connectivity index (χ4n) is 3.03. The Morgan fingerprint density at radius 1 is 1.12 bits per heavy atom. The van der Waals surface area contributed by atoms with E-state index in [2.05, 4.69) is 62.2 Å². The fraction of sp³-hybridized carbons (Fsp3) is 0.600. The Morgan fingerprint density at radius 3 is 2.15 bits per heavy atom. The van der Waals surface area contributed by atoms with Crippen LogP contribution in [0.5, 0.6) is 0 Å². The van der Waals surface area contributed by atoms with Crippen molar-refractivity contribution in [3.63, 3.8) is 0 Å². The van der Waals surface area contributed by atoms with Gasteiger partial charge in [0, 0.05) is 45.1 Å². The number of aryl methyl sites for hydroxylation is 1. The van der Waals surface area contributed by atoms with Crippen LogP contribution in [0.1, 0.15) is 38.8 Å². The van der Waals surface area contributed by atoms with Crippen molar-refractivity contribution in [2.24, 2.45) is 4.99 Å². The van der Waals surface area contributed by atoms with Crippen LogP contribution in [0.3, 0.4) is 0 Å². The van der Waals surface area contributed by atoms with Gasteiger partial charge in [-0.15, -0.1) is 24.0 Å². The second-order valence-electron chi connectivity index (χ2n) is 7.41. The highest BCUT2D eigenvalue weighted by Gasteiger charge is 2.23. The number of guanidine groups is 1. The Balaban J connectivity index is 0.00000338. The van der Waals surface area contributed by atoms with E-state index in [1.165, 1.54) is 11.1 Å². The van der Waals surface area contributed by atoms with Crippen molar-refractivity contribution in [1.29, 1.82) is 0 Å². The highest BCUT2D eigenvalue weighted by atomic mass is 127. The van der Waals surface area contributed by atoms with Crippen molar-refractivity contribution in [2.75, 3.05) is 39.3 Å². The van der Waals surface area contributed by atoms with Gasteiger partial charge < -0.3 is 15.1 Å². The van der Waals surface area contributed by atoms with Gasteiger partial charge in [-0.1, -0.05) is 43.7 Å². The van der Waals surface area contributed by atoms with Crippen LogP contribution in [-0.2, 0) is 10.2 Å². The topological polar surface area (TPSA) is 47.9 Å². The van der Waals surface area contributed by atoms with Crippen molar-refractivity contribution in [3.05, 3.63) is 35.4 Å². The van der Waals surface area contributed by atoms with E-state index in [4.69, 9.17) is 4.99 Å². The molecule has 1 saturated heterocycles. The number of halogens is 1. The molecule has 146 valence electrons. The highest BCUT2D eigenvalue weighted by molar-refractivity contribution is 14.0. The number of piperazine rings is 1. The molecule has 5 nitrogen and oxygen atoms in total. The van der Waals surface area contributed by atoms with E-state index in [9.17, 15) is 4.79 Å². The Labute approximate surface area is 175 Å². The SMILES string of the molecule is CCNC(=NCC(C)(C)c1ccc(C)cc1)N1CCN(C(C)=O)CC1.I. The minimum Gasteiger partial charge on any atom is -0.357 e. The van der Waals surface area contributed by atoms with Crippen molar-refractivity contribution in [3.8, 4) is 0 Å². The second-order valence-corrected chi connectivity index (χ2v) is 7.41. The molecule has 1 aliphatic rings. The van der Waals surface area contributed by atoms with Gasteiger partial charge in [0.25, 0.3) is 0 Å². The summed E-state index contributed by atoms with van der Waals surface area (Å²) in [4.78, 5) is 20.6. The molecule has 0 unspecified atom stereocenters. The number of carbonyl (C=O) groups excluding carboxylic acids is 1. The van der Waals surface area contributed by atoms with Gasteiger partial charge in [0.2, 0.25) is 5.91 Å². The quantitative estimate of drug-likeness (QED) is 0.417. The van der Waals surface area contributed by atoms with Gasteiger partial charge in [0.05, 0.1) is 6.54 Å². The average molecular weight is 472 g/mol. The lowest BCUT2D eigenvalue weighted by Gasteiger charge is -2.36. The Bertz CT molecular complexity index is 605. The van der Waals surface area contributed by atoms with Crippen LogP contribution in [0.4, 0.5) is 0 Å². The summed E-state index contributed by atoms with van der Waals surface area (Å²) in [5, 5.41) is 3.40. The van der Waals surface area contributed by atoms with Crippen molar-refractivity contribution in [2.45, 2.75) is 40.0 Å². The molecule has 0 bridgehead atoms. The summed E-state index contributed by atoms with van der Waals surface area (Å²) in [6.07, 6.45) is 0. The van der Waals surface area contributed by atoms with Crippen molar-refractivity contribution < 1.29 is 4.79 Å². The molecule has 0 aliphatic carbocycles. The maximum atomic E-state index is 11.5. The first kappa shape index (κ1) is 22.7. The highest BCUT2D eigenvalue weighted by Crippen LogP contribution is 2.24. The average Bonchev–Trinajstić information content (AvgIpc) is 2.59. The van der Waals surface area contributed by atoms with E-state index in [-0.39, 0.29) is 35.3 Å². The molecule has 1 amide bonds. The van der Waals surface area contributed by atoms with Crippen LogP contribution in [0.2, 0.25) is 0 Å². The molecule has 6 heteroatoms. The van der Waals surface area contributed by atoms with Gasteiger partial charge in [-0.05, 0) is 19.4 Å². The van der Waals surface area contributed by atoms with Gasteiger partial charge >= 0.3 is 0 Å². The first-order valence-electron chi connectivity index (χ1n) is 9.19. The number of rotatable bonds is 4. The van der Waals surface area contributed by atoms with Crippen LogP contribution < -0.4 is 5.32 Å². The van der Waals surface area contributed by atoms with E-state index in [0.717, 1.165) is 45.2 Å². The van der Waals surface area contributed by atoms with Crippen LogP contribution in [0.15, 0.2) is 29.3 Å². The number of nitrogens with zero attached hydrogens (tertiary/aromatic N) is 3. The zero-order valence-corrected chi connectivity index (χ0v) is 19.0. The number of nitrogens with one attached hydrogen (secondary N) is 1. The first-order chi connectivity index (χ1) is 11.8. The van der Waals surface area contributed by atoms with Crippen molar-refractivity contribution >= 4 is 35.8 Å². The molecule has 1 heterocycles. The van der Waals surface area contributed by atoms with Crippen molar-refractivity contribution in [1.82, 2.24) is 15.1 Å². The van der Waals surface area contributed by atoms with Gasteiger partial charge in [0.15, 0.2) is 5.96 Å². The maximum Gasteiger partial charge on any atom is 0.219 e. The molecule has 0 spiro atoms. The minimum absolute atomic E-state index is 0. The summed E-state index contributed by atoms with van der Waals surface area (Å²) >= 11 is 0. The predicted octanol–water partition coefficient (Wildman–Crippen LogP) is 3.02. The fourth-order valence-corrected chi connectivity index (χ4v) is 3.03. The van der Waals surface area contributed by atoms with Gasteiger partial charge in [0.1, 0.15) is 0 Å². The number of benzene rings is 1. The van der Waals surface area contributed by atoms with Crippen LogP contribution in [0, 0.1) is 6.92 Å². The monoisotopic (exact) mass is 472 g/mol. The number of aliphatic imine (C=N–C) groups is 1. The van der Waals surface area contributed by atoms with Crippen LogP contribution in [-0.4, -0.2) is 60.9 Å². The van der Waals surface area contributed by atoms with E-state index < -0.39 is 0 Å². The third-order valence-corrected chi connectivity index (χ3v) is 4.82. The van der Waals surface area contributed by atoms with E-state index in [1.807, 2.05) is 4.90 Å². The Kier molecular flexibility index (Phi) is 8.86. The Morgan fingerprint density at radius 2 is 1.65 bits per heavy atom. The number of amides is 1. The molecule has 0 radical (unpaired) electrons. The molecule has 0 atom stereocenters. The van der Waals surface area contributed by atoms with Gasteiger partial charge in [-0.3, -0.25) is 9.79 Å². The van der Waals surface area contributed by atoms with Crippen LogP contribution in [0.25, 0.3) is 0 Å². The van der Waals surface area contributed by atoms with E-state index >= 15 is 0 Å². The zero-order valence-electron chi connectivity index (χ0n) is 16.7. The summed E-state index contributed by atoms with van der Waals surface area (Å²) in [6.45, 7) is 15.1. The summed E-state index contributed by atoms with van der Waals surface area (Å²) in [5.41, 5.74) is 2.56.